The van der Waals surface area contributed by atoms with E-state index < -0.39 is 65.2 Å². The Balaban J connectivity index is 1.61. The molecule has 3 heterocycles. The van der Waals surface area contributed by atoms with E-state index in [0.717, 1.165) is 35.0 Å². The SMILES string of the molecule is CCC(O)C(S[C@@H]1O[C@H](CO)[C@H](O)[C@H](n2cc(-c3cc(F)c(F)c(F)c3)nn2)[C@H]1O)C(=O)N1CCC1. The third kappa shape index (κ3) is 5.10. The first-order valence-electron chi connectivity index (χ1n) is 11.5. The van der Waals surface area contributed by atoms with E-state index in [9.17, 15) is 38.4 Å². The number of hydrogen-bond acceptors (Lipinski definition) is 9. The minimum atomic E-state index is -1.64. The van der Waals surface area contributed by atoms with Gasteiger partial charge in [-0.25, -0.2) is 17.9 Å². The maximum Gasteiger partial charge on any atom is 0.238 e. The molecule has 198 valence electrons. The van der Waals surface area contributed by atoms with Gasteiger partial charge in [-0.15, -0.1) is 16.9 Å². The quantitative estimate of drug-likeness (QED) is 0.357. The second-order valence-electron chi connectivity index (χ2n) is 8.75. The lowest BCUT2D eigenvalue weighted by atomic mass is 9.97. The van der Waals surface area contributed by atoms with Gasteiger partial charge in [0.25, 0.3) is 0 Å². The molecule has 0 saturated carbocycles. The zero-order chi connectivity index (χ0) is 26.1. The lowest BCUT2D eigenvalue weighted by molar-refractivity contribution is -0.178. The Kier molecular flexibility index (Phi) is 8.22. The number of carbonyl (C=O) groups is 1. The molecule has 2 aromatic rings. The fourth-order valence-electron chi connectivity index (χ4n) is 4.14. The van der Waals surface area contributed by atoms with Crippen molar-refractivity contribution in [3.63, 3.8) is 0 Å². The number of hydrogen-bond donors (Lipinski definition) is 4. The van der Waals surface area contributed by atoms with Crippen LogP contribution in [0.3, 0.4) is 0 Å². The lowest BCUT2D eigenvalue weighted by Gasteiger charge is -2.43. The van der Waals surface area contributed by atoms with Crippen molar-refractivity contribution in [1.29, 1.82) is 0 Å². The van der Waals surface area contributed by atoms with Gasteiger partial charge in [-0.05, 0) is 25.0 Å². The van der Waals surface area contributed by atoms with Crippen LogP contribution in [0.15, 0.2) is 18.3 Å². The van der Waals surface area contributed by atoms with Gasteiger partial charge in [0, 0.05) is 18.7 Å². The van der Waals surface area contributed by atoms with Crippen molar-refractivity contribution in [3.05, 3.63) is 35.8 Å². The van der Waals surface area contributed by atoms with Crippen LogP contribution in [0.5, 0.6) is 0 Å². The molecule has 2 aliphatic heterocycles. The molecule has 4 N–H and O–H groups in total. The molecule has 10 nitrogen and oxygen atoms in total. The molecule has 36 heavy (non-hydrogen) atoms. The van der Waals surface area contributed by atoms with Gasteiger partial charge in [0.1, 0.15) is 40.7 Å². The van der Waals surface area contributed by atoms with Crippen LogP contribution >= 0.6 is 11.8 Å². The first-order chi connectivity index (χ1) is 17.2. The predicted octanol–water partition coefficient (Wildman–Crippen LogP) is 0.447. The molecular weight excluding hydrogens is 505 g/mol. The van der Waals surface area contributed by atoms with Crippen molar-refractivity contribution in [2.45, 2.75) is 60.9 Å². The van der Waals surface area contributed by atoms with E-state index in [1.54, 1.807) is 11.8 Å². The van der Waals surface area contributed by atoms with Gasteiger partial charge in [-0.1, -0.05) is 12.1 Å². The smallest absolute Gasteiger partial charge is 0.238 e. The van der Waals surface area contributed by atoms with Gasteiger partial charge in [0.2, 0.25) is 5.91 Å². The van der Waals surface area contributed by atoms with Crippen molar-refractivity contribution in [3.8, 4) is 11.3 Å². The Bertz CT molecular complexity index is 1070. The van der Waals surface area contributed by atoms with E-state index in [-0.39, 0.29) is 23.6 Å². The van der Waals surface area contributed by atoms with Gasteiger partial charge in [-0.2, -0.15) is 0 Å². The number of thioether (sulfide) groups is 1. The summed E-state index contributed by atoms with van der Waals surface area (Å²) < 4.78 is 47.4. The molecule has 2 saturated heterocycles. The molecule has 4 rings (SSSR count). The molecule has 7 atom stereocenters. The third-order valence-electron chi connectivity index (χ3n) is 6.40. The molecule has 14 heteroatoms. The molecule has 1 amide bonds. The van der Waals surface area contributed by atoms with Crippen LogP contribution in [0.4, 0.5) is 13.2 Å². The average molecular weight is 533 g/mol. The molecule has 2 unspecified atom stereocenters. The fraction of sp³-hybridized carbons (Fsp3) is 0.591. The normalized spacial score (nSPS) is 28.0. The fourth-order valence-corrected chi connectivity index (χ4v) is 5.60. The summed E-state index contributed by atoms with van der Waals surface area (Å²) >= 11 is 0.882. The molecule has 0 aliphatic carbocycles. The number of rotatable bonds is 8. The van der Waals surface area contributed by atoms with Crippen molar-refractivity contribution in [2.75, 3.05) is 19.7 Å². The second-order valence-corrected chi connectivity index (χ2v) is 9.99. The van der Waals surface area contributed by atoms with E-state index in [1.807, 2.05) is 0 Å². The third-order valence-corrected chi connectivity index (χ3v) is 7.87. The Labute approximate surface area is 208 Å². The van der Waals surface area contributed by atoms with Crippen LogP contribution in [-0.4, -0.2) is 101 Å². The van der Waals surface area contributed by atoms with Crippen molar-refractivity contribution < 1.29 is 43.1 Å². The summed E-state index contributed by atoms with van der Waals surface area (Å²) in [6, 6.07) is 0.233. The van der Waals surface area contributed by atoms with Gasteiger partial charge in [-0.3, -0.25) is 4.79 Å². The highest BCUT2D eigenvalue weighted by Gasteiger charge is 2.48. The van der Waals surface area contributed by atoms with Gasteiger partial charge in [0.15, 0.2) is 17.5 Å². The monoisotopic (exact) mass is 532 g/mol. The number of carbonyl (C=O) groups excluding carboxylic acids is 1. The van der Waals surface area contributed by atoms with Crippen LogP contribution in [0.1, 0.15) is 25.8 Å². The minimum absolute atomic E-state index is 0.0595. The number of aliphatic hydroxyl groups is 4. The standard InChI is InChI=1S/C22H27F3N4O6S/c1-2-14(31)20(21(34)28-4-3-5-28)36-22-19(33)17(18(32)15(9-30)35-22)29-8-13(26-27-29)10-6-11(23)16(25)12(24)7-10/h6-8,14-15,17-20,22,30-33H,2-5,9H2,1H3/t14?,15-,17+,18+,19-,20?,22+/m1/s1. The van der Waals surface area contributed by atoms with Crippen LogP contribution in [0.2, 0.25) is 0 Å². The molecular formula is C22H27F3N4O6S. The van der Waals surface area contributed by atoms with Crippen LogP contribution in [0.25, 0.3) is 11.3 Å². The number of benzene rings is 1. The highest BCUT2D eigenvalue weighted by atomic mass is 32.2. The number of aliphatic hydroxyl groups excluding tert-OH is 4. The maximum atomic E-state index is 13.7. The highest BCUT2D eigenvalue weighted by Crippen LogP contribution is 2.38. The number of likely N-dealkylation sites (tertiary alicyclic amines) is 1. The Hall–Kier alpha value is -2.23. The van der Waals surface area contributed by atoms with E-state index in [2.05, 4.69) is 10.3 Å². The summed E-state index contributed by atoms with van der Waals surface area (Å²) in [5, 5.41) is 48.9. The largest absolute Gasteiger partial charge is 0.394 e. The predicted molar refractivity (Wildman–Crippen MR) is 121 cm³/mol. The van der Waals surface area contributed by atoms with E-state index >= 15 is 0 Å². The molecule has 0 spiro atoms. The Morgan fingerprint density at radius 2 is 1.89 bits per heavy atom. The summed E-state index contributed by atoms with van der Waals surface area (Å²) in [5.41, 5.74) is -1.33. The van der Waals surface area contributed by atoms with Crippen molar-refractivity contribution in [1.82, 2.24) is 19.9 Å². The van der Waals surface area contributed by atoms with E-state index in [4.69, 9.17) is 4.74 Å². The Morgan fingerprint density at radius 1 is 1.22 bits per heavy atom. The summed E-state index contributed by atoms with van der Waals surface area (Å²) in [7, 11) is 0. The van der Waals surface area contributed by atoms with Gasteiger partial charge >= 0.3 is 0 Å². The van der Waals surface area contributed by atoms with Crippen molar-refractivity contribution >= 4 is 17.7 Å². The first kappa shape index (κ1) is 26.8. The Morgan fingerprint density at radius 3 is 2.44 bits per heavy atom. The van der Waals surface area contributed by atoms with Crippen LogP contribution in [0, 0.1) is 17.5 Å². The zero-order valence-electron chi connectivity index (χ0n) is 19.2. The number of aromatic nitrogens is 3. The van der Waals surface area contributed by atoms with Crippen LogP contribution in [-0.2, 0) is 9.53 Å². The van der Waals surface area contributed by atoms with E-state index in [0.29, 0.717) is 13.1 Å². The highest BCUT2D eigenvalue weighted by molar-refractivity contribution is 8.01. The molecule has 1 aromatic carbocycles. The number of halogens is 3. The summed E-state index contributed by atoms with van der Waals surface area (Å²) in [6.07, 6.45) is -2.84. The number of nitrogens with zero attached hydrogens (tertiary/aromatic N) is 4. The van der Waals surface area contributed by atoms with Gasteiger partial charge < -0.3 is 30.1 Å². The molecule has 0 radical (unpaired) electrons. The molecule has 2 aliphatic rings. The lowest BCUT2D eigenvalue weighted by Crippen LogP contribution is -2.56. The second kappa shape index (κ2) is 11.0. The van der Waals surface area contributed by atoms with E-state index in [1.165, 1.54) is 6.20 Å². The minimum Gasteiger partial charge on any atom is -0.394 e. The topological polar surface area (TPSA) is 141 Å². The molecule has 0 bridgehead atoms. The summed E-state index contributed by atoms with van der Waals surface area (Å²) in [5.74, 6) is -4.78. The number of ether oxygens (including phenoxy) is 1. The first-order valence-corrected chi connectivity index (χ1v) is 12.4. The average Bonchev–Trinajstić information content (AvgIpc) is 3.30. The number of amides is 1. The van der Waals surface area contributed by atoms with Crippen molar-refractivity contribution in [2.24, 2.45) is 0 Å². The molecule has 1 aromatic heterocycles. The summed E-state index contributed by atoms with van der Waals surface area (Å²) in [6.45, 7) is 2.21. The zero-order valence-corrected chi connectivity index (χ0v) is 20.1. The molecule has 2 fully saturated rings. The van der Waals surface area contributed by atoms with Crippen LogP contribution < -0.4 is 0 Å². The maximum absolute atomic E-state index is 13.7. The summed E-state index contributed by atoms with van der Waals surface area (Å²) in [4.78, 5) is 14.5. The van der Waals surface area contributed by atoms with Gasteiger partial charge in [0.05, 0.1) is 18.9 Å².